The second-order valence-corrected chi connectivity index (χ2v) is 6.73. The molecule has 5 nitrogen and oxygen atoms in total. The lowest BCUT2D eigenvalue weighted by atomic mass is 9.95. The number of hydrogen-bond acceptors (Lipinski definition) is 3. The first kappa shape index (κ1) is 14.5. The van der Waals surface area contributed by atoms with E-state index in [-0.39, 0.29) is 11.8 Å². The second kappa shape index (κ2) is 5.78. The number of carboxylic acids is 1. The molecule has 2 saturated carbocycles. The van der Waals surface area contributed by atoms with Crippen molar-refractivity contribution in [1.82, 2.24) is 14.8 Å². The number of hydrogen-bond donors (Lipinski definition) is 1. The highest BCUT2D eigenvalue weighted by Gasteiger charge is 2.41. The fraction of sp³-hybridized carbons (Fsp3) is 0.812. The van der Waals surface area contributed by atoms with Crippen LogP contribution >= 0.6 is 0 Å². The van der Waals surface area contributed by atoms with Gasteiger partial charge in [0.05, 0.1) is 5.92 Å². The van der Waals surface area contributed by atoms with E-state index in [0.29, 0.717) is 11.8 Å². The van der Waals surface area contributed by atoms with Crippen LogP contribution in [0.5, 0.6) is 0 Å². The summed E-state index contributed by atoms with van der Waals surface area (Å²) in [5.74, 6) is 1.87. The van der Waals surface area contributed by atoms with Crippen molar-refractivity contribution in [2.24, 2.45) is 18.9 Å². The molecule has 116 valence electrons. The van der Waals surface area contributed by atoms with Gasteiger partial charge in [-0.15, -0.1) is 0 Å². The van der Waals surface area contributed by atoms with E-state index in [9.17, 15) is 9.90 Å². The Bertz CT molecular complexity index is 520. The van der Waals surface area contributed by atoms with Gasteiger partial charge in [0, 0.05) is 18.9 Å². The number of aromatic nitrogens is 3. The van der Waals surface area contributed by atoms with E-state index in [0.717, 1.165) is 30.9 Å². The Morgan fingerprint density at radius 2 is 2.05 bits per heavy atom. The number of carboxylic acid groups (broad SMARTS) is 1. The minimum absolute atomic E-state index is 0.0279. The zero-order valence-electron chi connectivity index (χ0n) is 13.0. The lowest BCUT2D eigenvalue weighted by molar-refractivity contribution is -0.142. The molecule has 0 aliphatic heterocycles. The maximum absolute atomic E-state index is 11.6. The standard InChI is InChI=1S/C16H25N3O2/c1-3-10-8-12(13(9-10)16(20)21)15-17-14(18-19(15)2)11-6-4-5-7-11/h10-13H,3-9H2,1-2H3,(H,20,21). The van der Waals surface area contributed by atoms with Crippen LogP contribution in [-0.4, -0.2) is 25.8 Å². The molecule has 21 heavy (non-hydrogen) atoms. The summed E-state index contributed by atoms with van der Waals surface area (Å²) in [6.45, 7) is 2.15. The highest BCUT2D eigenvalue weighted by atomic mass is 16.4. The molecule has 0 amide bonds. The minimum Gasteiger partial charge on any atom is -0.481 e. The zero-order valence-corrected chi connectivity index (χ0v) is 13.0. The molecule has 0 bridgehead atoms. The van der Waals surface area contributed by atoms with Gasteiger partial charge in [0.1, 0.15) is 5.82 Å². The van der Waals surface area contributed by atoms with Crippen LogP contribution in [0.3, 0.4) is 0 Å². The predicted octanol–water partition coefficient (Wildman–Crippen LogP) is 3.08. The van der Waals surface area contributed by atoms with Crippen molar-refractivity contribution in [3.8, 4) is 0 Å². The summed E-state index contributed by atoms with van der Waals surface area (Å²) in [4.78, 5) is 16.3. The van der Waals surface area contributed by atoms with Crippen LogP contribution in [0.25, 0.3) is 0 Å². The van der Waals surface area contributed by atoms with Crippen LogP contribution in [0, 0.1) is 11.8 Å². The molecule has 2 fully saturated rings. The van der Waals surface area contributed by atoms with Gasteiger partial charge in [0.2, 0.25) is 0 Å². The average molecular weight is 291 g/mol. The number of aryl methyl sites for hydroxylation is 1. The van der Waals surface area contributed by atoms with E-state index in [1.807, 2.05) is 11.7 Å². The van der Waals surface area contributed by atoms with Gasteiger partial charge in [-0.2, -0.15) is 5.10 Å². The van der Waals surface area contributed by atoms with E-state index in [1.165, 1.54) is 25.7 Å². The summed E-state index contributed by atoms with van der Waals surface area (Å²) in [5, 5.41) is 14.1. The van der Waals surface area contributed by atoms with Crippen molar-refractivity contribution < 1.29 is 9.90 Å². The van der Waals surface area contributed by atoms with Crippen molar-refractivity contribution in [2.75, 3.05) is 0 Å². The van der Waals surface area contributed by atoms with Crippen molar-refractivity contribution in [3.63, 3.8) is 0 Å². The first-order valence-electron chi connectivity index (χ1n) is 8.23. The fourth-order valence-corrected chi connectivity index (χ4v) is 4.13. The molecule has 5 heteroatoms. The quantitative estimate of drug-likeness (QED) is 0.925. The number of nitrogens with zero attached hydrogens (tertiary/aromatic N) is 3. The molecular weight excluding hydrogens is 266 g/mol. The maximum atomic E-state index is 11.6. The van der Waals surface area contributed by atoms with Crippen LogP contribution in [0.4, 0.5) is 0 Å². The number of carbonyl (C=O) groups is 1. The summed E-state index contributed by atoms with van der Waals surface area (Å²) in [7, 11) is 1.92. The molecule has 2 aliphatic carbocycles. The third-order valence-corrected chi connectivity index (χ3v) is 5.42. The van der Waals surface area contributed by atoms with Crippen molar-refractivity contribution >= 4 is 5.97 Å². The van der Waals surface area contributed by atoms with Gasteiger partial charge in [-0.3, -0.25) is 9.48 Å². The summed E-state index contributed by atoms with van der Waals surface area (Å²) >= 11 is 0. The van der Waals surface area contributed by atoms with Crippen LogP contribution in [0.15, 0.2) is 0 Å². The molecule has 0 radical (unpaired) electrons. The van der Waals surface area contributed by atoms with Crippen LogP contribution in [-0.2, 0) is 11.8 Å². The van der Waals surface area contributed by atoms with Crippen molar-refractivity contribution in [2.45, 2.75) is 63.7 Å². The van der Waals surface area contributed by atoms with E-state index in [2.05, 4.69) is 12.0 Å². The van der Waals surface area contributed by atoms with Crippen LogP contribution in [0.1, 0.15) is 75.4 Å². The second-order valence-electron chi connectivity index (χ2n) is 6.73. The first-order valence-corrected chi connectivity index (χ1v) is 8.23. The Morgan fingerprint density at radius 3 is 2.67 bits per heavy atom. The third-order valence-electron chi connectivity index (χ3n) is 5.42. The minimum atomic E-state index is -0.679. The van der Waals surface area contributed by atoms with Gasteiger partial charge >= 0.3 is 5.97 Å². The number of rotatable bonds is 4. The van der Waals surface area contributed by atoms with Crippen LogP contribution < -0.4 is 0 Å². The first-order chi connectivity index (χ1) is 10.1. The molecule has 3 rings (SSSR count). The monoisotopic (exact) mass is 291 g/mol. The Balaban J connectivity index is 1.86. The lowest BCUT2D eigenvalue weighted by Gasteiger charge is -2.14. The van der Waals surface area contributed by atoms with Gasteiger partial charge in [-0.05, 0) is 31.6 Å². The normalized spacial score (nSPS) is 30.1. The molecule has 1 aromatic rings. The zero-order chi connectivity index (χ0) is 15.0. The topological polar surface area (TPSA) is 68.0 Å². The Hall–Kier alpha value is -1.39. The maximum Gasteiger partial charge on any atom is 0.307 e. The van der Waals surface area contributed by atoms with Gasteiger partial charge in [0.25, 0.3) is 0 Å². The third kappa shape index (κ3) is 2.70. The van der Waals surface area contributed by atoms with E-state index in [4.69, 9.17) is 4.98 Å². The lowest BCUT2D eigenvalue weighted by Crippen LogP contribution is -2.19. The molecule has 0 spiro atoms. The summed E-state index contributed by atoms with van der Waals surface area (Å²) < 4.78 is 1.84. The van der Waals surface area contributed by atoms with Gasteiger partial charge < -0.3 is 5.11 Å². The van der Waals surface area contributed by atoms with Crippen molar-refractivity contribution in [1.29, 1.82) is 0 Å². The molecule has 3 atom stereocenters. The molecule has 0 aromatic carbocycles. The molecule has 3 unspecified atom stereocenters. The average Bonchev–Trinajstić information content (AvgIpc) is 3.16. The van der Waals surface area contributed by atoms with Gasteiger partial charge in [-0.1, -0.05) is 26.2 Å². The summed E-state index contributed by atoms with van der Waals surface area (Å²) in [6.07, 6.45) is 7.64. The smallest absolute Gasteiger partial charge is 0.307 e. The molecule has 2 aliphatic rings. The molecule has 1 N–H and O–H groups in total. The molecule has 1 aromatic heterocycles. The Labute approximate surface area is 125 Å². The van der Waals surface area contributed by atoms with Gasteiger partial charge in [-0.25, -0.2) is 4.98 Å². The fourth-order valence-electron chi connectivity index (χ4n) is 4.13. The van der Waals surface area contributed by atoms with E-state index >= 15 is 0 Å². The summed E-state index contributed by atoms with van der Waals surface area (Å²) in [6, 6.07) is 0. The molecule has 1 heterocycles. The van der Waals surface area contributed by atoms with E-state index in [1.54, 1.807) is 0 Å². The van der Waals surface area contributed by atoms with Crippen LogP contribution in [0.2, 0.25) is 0 Å². The highest BCUT2D eigenvalue weighted by Crippen LogP contribution is 2.44. The predicted molar refractivity (Wildman–Crippen MR) is 79.1 cm³/mol. The largest absolute Gasteiger partial charge is 0.481 e. The van der Waals surface area contributed by atoms with E-state index < -0.39 is 5.97 Å². The Kier molecular flexibility index (Phi) is 4.00. The number of aliphatic carboxylic acids is 1. The van der Waals surface area contributed by atoms with Crippen molar-refractivity contribution in [3.05, 3.63) is 11.6 Å². The Morgan fingerprint density at radius 1 is 1.33 bits per heavy atom. The van der Waals surface area contributed by atoms with Gasteiger partial charge in [0.15, 0.2) is 5.82 Å². The molecular formula is C16H25N3O2. The SMILES string of the molecule is CCC1CC(C(=O)O)C(c2nc(C3CCCC3)nn2C)C1. The summed E-state index contributed by atoms with van der Waals surface area (Å²) in [5.41, 5.74) is 0. The highest BCUT2D eigenvalue weighted by molar-refractivity contribution is 5.71. The molecule has 0 saturated heterocycles.